The summed E-state index contributed by atoms with van der Waals surface area (Å²) >= 11 is 0. The molecule has 3 heteroatoms. The van der Waals surface area contributed by atoms with Crippen LogP contribution in [0.15, 0.2) is 48.6 Å². The summed E-state index contributed by atoms with van der Waals surface area (Å²) in [7, 11) is 0. The van der Waals surface area contributed by atoms with E-state index in [1.807, 2.05) is 0 Å². The van der Waals surface area contributed by atoms with E-state index in [2.05, 4.69) is 77.5 Å². The van der Waals surface area contributed by atoms with Crippen molar-refractivity contribution in [3.8, 4) is 0 Å². The summed E-state index contributed by atoms with van der Waals surface area (Å²) in [4.78, 5) is 5.25. The number of rotatable bonds is 4. The smallest absolute Gasteiger partial charge is 0.0580 e. The Morgan fingerprint density at radius 1 is 1.00 bits per heavy atom. The molecule has 1 aromatic rings. The summed E-state index contributed by atoms with van der Waals surface area (Å²) in [6.07, 6.45) is 10.4. The van der Waals surface area contributed by atoms with Gasteiger partial charge in [-0.25, -0.2) is 0 Å². The Morgan fingerprint density at radius 2 is 1.75 bits per heavy atom. The van der Waals surface area contributed by atoms with Gasteiger partial charge in [0.1, 0.15) is 0 Å². The molecule has 0 spiro atoms. The van der Waals surface area contributed by atoms with Crippen molar-refractivity contribution in [3.63, 3.8) is 0 Å². The van der Waals surface area contributed by atoms with Gasteiger partial charge in [0.05, 0.1) is 6.04 Å². The van der Waals surface area contributed by atoms with Crippen LogP contribution in [0.2, 0.25) is 0 Å². The van der Waals surface area contributed by atoms with Crippen molar-refractivity contribution in [2.75, 3.05) is 31.1 Å². The molecular formula is C21H29N3. The molecule has 0 aromatic heterocycles. The molecule has 1 N–H and O–H groups in total. The molecule has 0 radical (unpaired) electrons. The quantitative estimate of drug-likeness (QED) is 0.918. The Morgan fingerprint density at radius 3 is 2.58 bits per heavy atom. The van der Waals surface area contributed by atoms with Crippen LogP contribution in [0.25, 0.3) is 0 Å². The minimum absolute atomic E-state index is 0.508. The summed E-state index contributed by atoms with van der Waals surface area (Å²) in [6, 6.07) is 10.7. The van der Waals surface area contributed by atoms with Crippen LogP contribution in [-0.4, -0.2) is 49.2 Å². The van der Waals surface area contributed by atoms with Crippen LogP contribution in [-0.2, 0) is 0 Å². The monoisotopic (exact) mass is 323 g/mol. The van der Waals surface area contributed by atoms with Crippen LogP contribution in [0.5, 0.6) is 0 Å². The van der Waals surface area contributed by atoms with E-state index in [4.69, 9.17) is 0 Å². The lowest BCUT2D eigenvalue weighted by molar-refractivity contribution is 0.172. The second-order valence-corrected chi connectivity index (χ2v) is 7.62. The van der Waals surface area contributed by atoms with E-state index in [-0.39, 0.29) is 0 Å². The summed E-state index contributed by atoms with van der Waals surface area (Å²) in [5, 5.41) is 3.62. The molecule has 128 valence electrons. The van der Waals surface area contributed by atoms with Gasteiger partial charge in [0, 0.05) is 43.3 Å². The fourth-order valence-corrected chi connectivity index (χ4v) is 4.73. The van der Waals surface area contributed by atoms with Crippen molar-refractivity contribution in [1.82, 2.24) is 10.2 Å². The van der Waals surface area contributed by atoms with Gasteiger partial charge in [-0.2, -0.15) is 0 Å². The van der Waals surface area contributed by atoms with Crippen LogP contribution < -0.4 is 10.2 Å². The van der Waals surface area contributed by atoms with E-state index in [0.717, 1.165) is 6.54 Å². The SMILES string of the molecule is C[C@@H]1CN(CCCN2c3ccccc3C3C=CC=CC32)C[C@H](C)N1. The molecule has 0 bridgehead atoms. The minimum atomic E-state index is 0.508. The van der Waals surface area contributed by atoms with Crippen LogP contribution in [0.1, 0.15) is 31.7 Å². The fraction of sp³-hybridized carbons (Fsp3) is 0.524. The number of nitrogens with one attached hydrogen (secondary N) is 1. The Kier molecular flexibility index (Phi) is 4.47. The van der Waals surface area contributed by atoms with Crippen LogP contribution >= 0.6 is 0 Å². The van der Waals surface area contributed by atoms with E-state index in [0.29, 0.717) is 24.0 Å². The molecule has 0 saturated carbocycles. The number of fused-ring (bicyclic) bond motifs is 3. The van der Waals surface area contributed by atoms with Crippen LogP contribution in [0.3, 0.4) is 0 Å². The number of para-hydroxylation sites is 1. The van der Waals surface area contributed by atoms with Gasteiger partial charge < -0.3 is 15.1 Å². The van der Waals surface area contributed by atoms with Crippen molar-refractivity contribution in [1.29, 1.82) is 0 Å². The predicted molar refractivity (Wildman–Crippen MR) is 102 cm³/mol. The third-order valence-corrected chi connectivity index (χ3v) is 5.58. The number of nitrogens with zero attached hydrogens (tertiary/aromatic N) is 2. The maximum atomic E-state index is 3.62. The molecule has 0 amide bonds. The molecule has 1 aromatic carbocycles. The van der Waals surface area contributed by atoms with E-state index in [9.17, 15) is 0 Å². The lowest BCUT2D eigenvalue weighted by Gasteiger charge is -2.37. The summed E-state index contributed by atoms with van der Waals surface area (Å²) < 4.78 is 0. The van der Waals surface area contributed by atoms with Crippen molar-refractivity contribution in [3.05, 3.63) is 54.1 Å². The molecule has 1 fully saturated rings. The molecule has 1 aliphatic carbocycles. The Balaban J connectivity index is 1.41. The zero-order valence-corrected chi connectivity index (χ0v) is 14.9. The van der Waals surface area contributed by atoms with E-state index in [1.165, 1.54) is 37.3 Å². The van der Waals surface area contributed by atoms with Crippen LogP contribution in [0.4, 0.5) is 5.69 Å². The van der Waals surface area contributed by atoms with Gasteiger partial charge in [0.2, 0.25) is 0 Å². The molecule has 4 rings (SSSR count). The molecule has 24 heavy (non-hydrogen) atoms. The van der Waals surface area contributed by atoms with Gasteiger partial charge in [0.25, 0.3) is 0 Å². The standard InChI is InChI=1S/C21H29N3/c1-16-14-23(15-17(2)22-16)12-7-13-24-20-10-5-3-8-18(20)19-9-4-6-11-21(19)24/h3-6,8-11,16-18,20,22H,7,12-15H2,1-2H3/t16-,17+,18?,20?. The zero-order valence-electron chi connectivity index (χ0n) is 14.9. The third-order valence-electron chi connectivity index (χ3n) is 5.58. The van der Waals surface area contributed by atoms with Gasteiger partial charge in [-0.1, -0.05) is 42.5 Å². The first-order valence-corrected chi connectivity index (χ1v) is 9.41. The van der Waals surface area contributed by atoms with Crippen molar-refractivity contribution in [2.24, 2.45) is 0 Å². The molecule has 2 aliphatic heterocycles. The number of piperazine rings is 1. The number of benzene rings is 1. The summed E-state index contributed by atoms with van der Waals surface area (Å²) in [5.74, 6) is 0.533. The molecule has 1 saturated heterocycles. The lowest BCUT2D eigenvalue weighted by Crippen LogP contribution is -2.54. The Labute approximate surface area is 146 Å². The lowest BCUT2D eigenvalue weighted by atomic mass is 9.91. The van der Waals surface area contributed by atoms with Gasteiger partial charge in [-0.15, -0.1) is 0 Å². The fourth-order valence-electron chi connectivity index (χ4n) is 4.73. The molecule has 3 aliphatic rings. The minimum Gasteiger partial charge on any atom is -0.364 e. The summed E-state index contributed by atoms with van der Waals surface area (Å²) in [6.45, 7) is 9.28. The molecule has 3 nitrogen and oxygen atoms in total. The second kappa shape index (κ2) is 6.73. The predicted octanol–water partition coefficient (Wildman–Crippen LogP) is 3.16. The average molecular weight is 323 g/mol. The Bertz CT molecular complexity index is 626. The van der Waals surface area contributed by atoms with Crippen LogP contribution in [0, 0.1) is 0 Å². The zero-order chi connectivity index (χ0) is 16.5. The van der Waals surface area contributed by atoms with Gasteiger partial charge >= 0.3 is 0 Å². The number of hydrogen-bond acceptors (Lipinski definition) is 3. The molecule has 2 unspecified atom stereocenters. The van der Waals surface area contributed by atoms with E-state index < -0.39 is 0 Å². The summed E-state index contributed by atoms with van der Waals surface area (Å²) in [5.41, 5.74) is 2.93. The highest BCUT2D eigenvalue weighted by molar-refractivity contribution is 5.65. The van der Waals surface area contributed by atoms with E-state index >= 15 is 0 Å². The van der Waals surface area contributed by atoms with Gasteiger partial charge in [0.15, 0.2) is 0 Å². The van der Waals surface area contributed by atoms with E-state index in [1.54, 1.807) is 0 Å². The topological polar surface area (TPSA) is 18.5 Å². The average Bonchev–Trinajstić information content (AvgIpc) is 2.89. The number of allylic oxidation sites excluding steroid dienone is 2. The number of anilines is 1. The third kappa shape index (κ3) is 3.03. The first-order valence-electron chi connectivity index (χ1n) is 9.41. The second-order valence-electron chi connectivity index (χ2n) is 7.62. The largest absolute Gasteiger partial charge is 0.364 e. The molecular weight excluding hydrogens is 294 g/mol. The van der Waals surface area contributed by atoms with Crippen molar-refractivity contribution >= 4 is 5.69 Å². The van der Waals surface area contributed by atoms with Gasteiger partial charge in [-0.05, 0) is 38.4 Å². The first kappa shape index (κ1) is 15.9. The molecule has 2 heterocycles. The molecule has 4 atom stereocenters. The van der Waals surface area contributed by atoms with Gasteiger partial charge in [-0.3, -0.25) is 0 Å². The van der Waals surface area contributed by atoms with Crippen molar-refractivity contribution < 1.29 is 0 Å². The first-order chi connectivity index (χ1) is 11.7. The maximum Gasteiger partial charge on any atom is 0.0580 e. The Hall–Kier alpha value is -1.58. The highest BCUT2D eigenvalue weighted by Crippen LogP contribution is 2.43. The highest BCUT2D eigenvalue weighted by Gasteiger charge is 2.35. The highest BCUT2D eigenvalue weighted by atomic mass is 15.2. The number of hydrogen-bond donors (Lipinski definition) is 1. The maximum absolute atomic E-state index is 3.62. The van der Waals surface area contributed by atoms with Crippen molar-refractivity contribution in [2.45, 2.75) is 44.3 Å². The normalized spacial score (nSPS) is 32.0.